The fraction of sp³-hybridized carbons (Fsp3) is 0.529. The third-order valence-electron chi connectivity index (χ3n) is 4.04. The molecule has 1 fully saturated rings. The van der Waals surface area contributed by atoms with Crippen LogP contribution in [0.4, 0.5) is 0 Å². The van der Waals surface area contributed by atoms with Gasteiger partial charge in [0.2, 0.25) is 11.8 Å². The van der Waals surface area contributed by atoms with E-state index in [0.29, 0.717) is 13.1 Å². The first-order valence-electron chi connectivity index (χ1n) is 7.59. The van der Waals surface area contributed by atoms with Crippen LogP contribution in [0.5, 0.6) is 0 Å². The van der Waals surface area contributed by atoms with Crippen LogP contribution in [0, 0.1) is 0 Å². The molecule has 21 heavy (non-hydrogen) atoms. The Labute approximate surface area is 126 Å². The van der Waals surface area contributed by atoms with E-state index in [1.807, 2.05) is 25.1 Å². The van der Waals surface area contributed by atoms with Crippen LogP contribution in [0.15, 0.2) is 30.3 Å². The Bertz CT molecular complexity index is 511. The lowest BCUT2D eigenvalue weighted by Crippen LogP contribution is -2.43. The number of carbonyl (C=O) groups excluding carboxylic acids is 2. The Hall–Kier alpha value is -1.68. The second-order valence-corrected chi connectivity index (χ2v) is 6.27. The first-order valence-corrected chi connectivity index (χ1v) is 7.59. The van der Waals surface area contributed by atoms with Crippen LogP contribution >= 0.6 is 0 Å². The third kappa shape index (κ3) is 3.50. The van der Waals surface area contributed by atoms with Crippen LogP contribution in [-0.2, 0) is 15.0 Å². The summed E-state index contributed by atoms with van der Waals surface area (Å²) in [7, 11) is 0. The van der Waals surface area contributed by atoms with Crippen molar-refractivity contribution in [1.82, 2.24) is 10.2 Å². The standard InChI is InChI=1S/C17H24N2O2/c1-4-10-19-15(20)11-14(16(19)21)18-12-17(2,3)13-8-6-5-7-9-13/h5-9,14,18H,4,10-12H2,1-3H3. The van der Waals surface area contributed by atoms with E-state index in [1.54, 1.807) is 0 Å². The summed E-state index contributed by atoms with van der Waals surface area (Å²) in [6.45, 7) is 7.44. The van der Waals surface area contributed by atoms with Crippen LogP contribution in [0.25, 0.3) is 0 Å². The van der Waals surface area contributed by atoms with Crippen molar-refractivity contribution in [2.24, 2.45) is 0 Å². The zero-order valence-corrected chi connectivity index (χ0v) is 13.1. The maximum absolute atomic E-state index is 12.2. The van der Waals surface area contributed by atoms with E-state index in [0.717, 1.165) is 6.42 Å². The molecule has 4 heteroatoms. The molecule has 0 bridgehead atoms. The lowest BCUT2D eigenvalue weighted by molar-refractivity contribution is -0.138. The van der Waals surface area contributed by atoms with Crippen molar-refractivity contribution in [2.45, 2.75) is 45.1 Å². The number of carbonyl (C=O) groups is 2. The maximum Gasteiger partial charge on any atom is 0.246 e. The molecule has 1 aromatic carbocycles. The van der Waals surface area contributed by atoms with E-state index < -0.39 is 0 Å². The molecule has 1 saturated heterocycles. The molecule has 1 unspecified atom stereocenters. The average Bonchev–Trinajstić information content (AvgIpc) is 2.74. The van der Waals surface area contributed by atoms with Crippen LogP contribution in [0.3, 0.4) is 0 Å². The number of nitrogens with zero attached hydrogens (tertiary/aromatic N) is 1. The normalized spacial score (nSPS) is 19.4. The Morgan fingerprint density at radius 1 is 1.24 bits per heavy atom. The molecule has 0 radical (unpaired) electrons. The Morgan fingerprint density at radius 3 is 2.52 bits per heavy atom. The molecule has 1 N–H and O–H groups in total. The predicted molar refractivity (Wildman–Crippen MR) is 82.9 cm³/mol. The van der Waals surface area contributed by atoms with Gasteiger partial charge in [-0.2, -0.15) is 0 Å². The quantitative estimate of drug-likeness (QED) is 0.816. The fourth-order valence-corrected chi connectivity index (χ4v) is 2.67. The number of likely N-dealkylation sites (tertiary alicyclic amines) is 1. The zero-order valence-electron chi connectivity index (χ0n) is 13.1. The second kappa shape index (κ2) is 6.39. The van der Waals surface area contributed by atoms with E-state index in [9.17, 15) is 9.59 Å². The maximum atomic E-state index is 12.2. The van der Waals surface area contributed by atoms with Crippen LogP contribution in [-0.4, -0.2) is 35.8 Å². The van der Waals surface area contributed by atoms with Gasteiger partial charge >= 0.3 is 0 Å². The van der Waals surface area contributed by atoms with Crippen molar-refractivity contribution in [2.75, 3.05) is 13.1 Å². The average molecular weight is 288 g/mol. The molecule has 0 spiro atoms. The molecular formula is C17H24N2O2. The van der Waals surface area contributed by atoms with Gasteiger partial charge < -0.3 is 5.32 Å². The van der Waals surface area contributed by atoms with Gasteiger partial charge in [0.1, 0.15) is 0 Å². The Balaban J connectivity index is 1.97. The molecule has 1 aliphatic heterocycles. The summed E-state index contributed by atoms with van der Waals surface area (Å²) in [5.41, 5.74) is 1.14. The highest BCUT2D eigenvalue weighted by atomic mass is 16.2. The van der Waals surface area contributed by atoms with E-state index in [2.05, 4.69) is 31.3 Å². The van der Waals surface area contributed by atoms with Crippen molar-refractivity contribution in [1.29, 1.82) is 0 Å². The molecule has 1 aliphatic rings. The molecule has 0 aromatic heterocycles. The van der Waals surface area contributed by atoms with Crippen molar-refractivity contribution in [3.8, 4) is 0 Å². The molecule has 0 aliphatic carbocycles. The second-order valence-electron chi connectivity index (χ2n) is 6.27. The molecule has 2 amide bonds. The van der Waals surface area contributed by atoms with Gasteiger partial charge in [-0.25, -0.2) is 0 Å². The van der Waals surface area contributed by atoms with Gasteiger partial charge in [0.05, 0.1) is 12.5 Å². The SMILES string of the molecule is CCCN1C(=O)CC(NCC(C)(C)c2ccccc2)C1=O. The minimum Gasteiger partial charge on any atom is -0.305 e. The Morgan fingerprint density at radius 2 is 1.90 bits per heavy atom. The van der Waals surface area contributed by atoms with Gasteiger partial charge in [0.15, 0.2) is 0 Å². The smallest absolute Gasteiger partial charge is 0.246 e. The molecule has 4 nitrogen and oxygen atoms in total. The number of amides is 2. The van der Waals surface area contributed by atoms with E-state index in [4.69, 9.17) is 0 Å². The highest BCUT2D eigenvalue weighted by Crippen LogP contribution is 2.23. The minimum atomic E-state index is -0.368. The molecule has 1 aromatic rings. The number of benzene rings is 1. The molecule has 1 heterocycles. The Kier molecular flexibility index (Phi) is 4.78. The molecular weight excluding hydrogens is 264 g/mol. The van der Waals surface area contributed by atoms with Crippen molar-refractivity contribution >= 4 is 11.8 Å². The van der Waals surface area contributed by atoms with E-state index in [1.165, 1.54) is 10.5 Å². The molecule has 0 saturated carbocycles. The lowest BCUT2D eigenvalue weighted by atomic mass is 9.84. The van der Waals surface area contributed by atoms with E-state index in [-0.39, 0.29) is 29.7 Å². The van der Waals surface area contributed by atoms with Crippen LogP contribution in [0.1, 0.15) is 39.2 Å². The third-order valence-corrected chi connectivity index (χ3v) is 4.04. The monoisotopic (exact) mass is 288 g/mol. The lowest BCUT2D eigenvalue weighted by Gasteiger charge is -2.27. The number of hydrogen-bond donors (Lipinski definition) is 1. The summed E-state index contributed by atoms with van der Waals surface area (Å²) in [6, 6.07) is 9.84. The first-order chi connectivity index (χ1) is 9.95. The van der Waals surface area contributed by atoms with Crippen molar-refractivity contribution in [3.05, 3.63) is 35.9 Å². The highest BCUT2D eigenvalue weighted by molar-refractivity contribution is 6.05. The molecule has 2 rings (SSSR count). The summed E-state index contributed by atoms with van der Waals surface area (Å²) < 4.78 is 0. The van der Waals surface area contributed by atoms with Crippen LogP contribution < -0.4 is 5.32 Å². The van der Waals surface area contributed by atoms with Gasteiger partial charge in [-0.05, 0) is 12.0 Å². The topological polar surface area (TPSA) is 49.4 Å². The predicted octanol–water partition coefficient (Wildman–Crippen LogP) is 2.09. The largest absolute Gasteiger partial charge is 0.305 e. The summed E-state index contributed by atoms with van der Waals surface area (Å²) in [6.07, 6.45) is 1.09. The minimum absolute atomic E-state index is 0.0585. The molecule has 1 atom stereocenters. The van der Waals surface area contributed by atoms with Gasteiger partial charge in [-0.3, -0.25) is 14.5 Å². The van der Waals surface area contributed by atoms with Crippen molar-refractivity contribution in [3.63, 3.8) is 0 Å². The van der Waals surface area contributed by atoms with Crippen molar-refractivity contribution < 1.29 is 9.59 Å². The summed E-state index contributed by atoms with van der Waals surface area (Å²) >= 11 is 0. The number of rotatable bonds is 6. The number of imide groups is 1. The van der Waals surface area contributed by atoms with Gasteiger partial charge in [-0.1, -0.05) is 51.1 Å². The summed E-state index contributed by atoms with van der Waals surface area (Å²) in [4.78, 5) is 25.4. The van der Waals surface area contributed by atoms with Gasteiger partial charge in [0.25, 0.3) is 0 Å². The van der Waals surface area contributed by atoms with Crippen LogP contribution in [0.2, 0.25) is 0 Å². The molecule has 114 valence electrons. The number of nitrogens with one attached hydrogen (secondary N) is 1. The van der Waals surface area contributed by atoms with Gasteiger partial charge in [0, 0.05) is 18.5 Å². The van der Waals surface area contributed by atoms with Gasteiger partial charge in [-0.15, -0.1) is 0 Å². The first kappa shape index (κ1) is 15.7. The fourth-order valence-electron chi connectivity index (χ4n) is 2.67. The highest BCUT2D eigenvalue weighted by Gasteiger charge is 2.38. The summed E-state index contributed by atoms with van der Waals surface area (Å²) in [5.74, 6) is -0.137. The van der Waals surface area contributed by atoms with E-state index >= 15 is 0 Å². The zero-order chi connectivity index (χ0) is 15.5. The summed E-state index contributed by atoms with van der Waals surface area (Å²) in [5, 5.41) is 3.28. The number of hydrogen-bond acceptors (Lipinski definition) is 3.